The molecule has 0 radical (unpaired) electrons. The fraction of sp³-hybridized carbons (Fsp3) is 0.222. The molecule has 12 heavy (non-hydrogen) atoms. The van der Waals surface area contributed by atoms with Gasteiger partial charge in [0.2, 0.25) is 0 Å². The molecule has 0 aliphatic heterocycles. The molecule has 0 heterocycles. The molecule has 0 fully saturated rings. The van der Waals surface area contributed by atoms with Crippen molar-refractivity contribution >= 4 is 11.6 Å². The Morgan fingerprint density at radius 1 is 1.50 bits per heavy atom. The zero-order valence-corrected chi connectivity index (χ0v) is 7.47. The van der Waals surface area contributed by atoms with E-state index >= 15 is 0 Å². The van der Waals surface area contributed by atoms with E-state index in [4.69, 9.17) is 16.9 Å². The maximum Gasteiger partial charge on any atom is 0.177 e. The number of nitrogens with zero attached hydrogens (tertiary/aromatic N) is 1. The third-order valence-electron chi connectivity index (χ3n) is 1.65. The molecule has 1 atom stereocenters. The minimum atomic E-state index is -0.0244. The smallest absolute Gasteiger partial charge is 0.177 e. The molecular formula is C9H9ClN2. The van der Waals surface area contributed by atoms with Crippen LogP contribution in [0.25, 0.3) is 0 Å². The fourth-order valence-corrected chi connectivity index (χ4v) is 1.30. The van der Waals surface area contributed by atoms with Gasteiger partial charge in [-0.05, 0) is 18.6 Å². The van der Waals surface area contributed by atoms with Crippen molar-refractivity contribution in [1.29, 1.82) is 5.26 Å². The van der Waals surface area contributed by atoms with Crippen LogP contribution in [-0.2, 0) is 0 Å². The second kappa shape index (κ2) is 3.99. The Balaban J connectivity index is 2.88. The van der Waals surface area contributed by atoms with Crippen LogP contribution < -0.4 is 5.32 Å². The number of rotatable bonds is 2. The summed E-state index contributed by atoms with van der Waals surface area (Å²) in [6.07, 6.45) is 1.88. The summed E-state index contributed by atoms with van der Waals surface area (Å²) in [5.74, 6) is 0. The molecule has 0 saturated carbocycles. The first-order valence-corrected chi connectivity index (χ1v) is 4.02. The van der Waals surface area contributed by atoms with E-state index in [0.29, 0.717) is 5.02 Å². The van der Waals surface area contributed by atoms with Gasteiger partial charge >= 0.3 is 0 Å². The van der Waals surface area contributed by atoms with Gasteiger partial charge in [0.05, 0.1) is 6.04 Å². The van der Waals surface area contributed by atoms with E-state index in [0.717, 1.165) is 5.56 Å². The highest BCUT2D eigenvalue weighted by Crippen LogP contribution is 2.21. The zero-order chi connectivity index (χ0) is 8.97. The third kappa shape index (κ3) is 1.90. The number of hydrogen-bond donors (Lipinski definition) is 1. The maximum absolute atomic E-state index is 8.38. The van der Waals surface area contributed by atoms with Crippen molar-refractivity contribution in [2.75, 3.05) is 0 Å². The second-order valence-electron chi connectivity index (χ2n) is 2.50. The van der Waals surface area contributed by atoms with Crippen LogP contribution in [0.2, 0.25) is 5.02 Å². The predicted octanol–water partition coefficient (Wildman–Crippen LogP) is 2.47. The highest BCUT2D eigenvalue weighted by atomic mass is 35.5. The fourth-order valence-electron chi connectivity index (χ4n) is 1.00. The summed E-state index contributed by atoms with van der Waals surface area (Å²) in [6, 6.07) is 7.45. The van der Waals surface area contributed by atoms with Gasteiger partial charge in [0.25, 0.3) is 0 Å². The number of benzene rings is 1. The van der Waals surface area contributed by atoms with Crippen LogP contribution in [0.15, 0.2) is 24.3 Å². The first-order valence-electron chi connectivity index (χ1n) is 3.64. The molecule has 1 N–H and O–H groups in total. The molecule has 0 aliphatic rings. The van der Waals surface area contributed by atoms with E-state index in [1.165, 1.54) is 0 Å². The molecule has 1 aromatic rings. The second-order valence-corrected chi connectivity index (χ2v) is 2.91. The van der Waals surface area contributed by atoms with Crippen LogP contribution in [0.3, 0.4) is 0 Å². The highest BCUT2D eigenvalue weighted by molar-refractivity contribution is 6.31. The van der Waals surface area contributed by atoms with Crippen LogP contribution in [0.4, 0.5) is 0 Å². The Bertz CT molecular complexity index is 304. The Labute approximate surface area is 76.8 Å². The average molecular weight is 181 g/mol. The van der Waals surface area contributed by atoms with Gasteiger partial charge in [-0.3, -0.25) is 0 Å². The molecule has 1 rings (SSSR count). The van der Waals surface area contributed by atoms with Crippen molar-refractivity contribution in [2.45, 2.75) is 13.0 Å². The maximum atomic E-state index is 8.38. The summed E-state index contributed by atoms with van der Waals surface area (Å²) in [6.45, 7) is 1.89. The predicted molar refractivity (Wildman–Crippen MR) is 48.6 cm³/mol. The topological polar surface area (TPSA) is 35.8 Å². The van der Waals surface area contributed by atoms with Crippen LogP contribution >= 0.6 is 11.6 Å². The molecule has 2 nitrogen and oxygen atoms in total. The lowest BCUT2D eigenvalue weighted by Gasteiger charge is -2.10. The standard InChI is InChI=1S/C9H9ClN2/c1-7(12-6-11)8-4-2-3-5-9(8)10/h2-5,7,12H,1H3/t7-/m0/s1. The largest absolute Gasteiger partial charge is 0.317 e. The normalized spacial score (nSPS) is 11.8. The van der Waals surface area contributed by atoms with Gasteiger partial charge in [0, 0.05) is 5.02 Å². The van der Waals surface area contributed by atoms with Gasteiger partial charge in [-0.15, -0.1) is 0 Å². The average Bonchev–Trinajstić information content (AvgIpc) is 2.05. The van der Waals surface area contributed by atoms with Gasteiger partial charge in [0.1, 0.15) is 0 Å². The molecule has 0 unspecified atom stereocenters. The number of nitrogens with one attached hydrogen (secondary N) is 1. The van der Waals surface area contributed by atoms with E-state index in [1.54, 1.807) is 0 Å². The minimum absolute atomic E-state index is 0.0244. The summed E-state index contributed by atoms with van der Waals surface area (Å²) >= 11 is 5.91. The van der Waals surface area contributed by atoms with Crippen molar-refractivity contribution in [1.82, 2.24) is 5.32 Å². The highest BCUT2D eigenvalue weighted by Gasteiger charge is 2.06. The van der Waals surface area contributed by atoms with E-state index < -0.39 is 0 Å². The number of halogens is 1. The van der Waals surface area contributed by atoms with Crippen molar-refractivity contribution in [3.8, 4) is 6.19 Å². The Morgan fingerprint density at radius 3 is 2.75 bits per heavy atom. The van der Waals surface area contributed by atoms with E-state index in [1.807, 2.05) is 37.4 Å². The Hall–Kier alpha value is -1.20. The van der Waals surface area contributed by atoms with Gasteiger partial charge in [-0.1, -0.05) is 29.8 Å². The summed E-state index contributed by atoms with van der Waals surface area (Å²) in [5.41, 5.74) is 0.945. The van der Waals surface area contributed by atoms with E-state index in [9.17, 15) is 0 Å². The molecule has 0 aromatic heterocycles. The van der Waals surface area contributed by atoms with E-state index in [-0.39, 0.29) is 6.04 Å². The van der Waals surface area contributed by atoms with Gasteiger partial charge < -0.3 is 5.32 Å². The number of hydrogen-bond acceptors (Lipinski definition) is 2. The molecule has 0 saturated heterocycles. The Kier molecular flexibility index (Phi) is 2.95. The summed E-state index contributed by atoms with van der Waals surface area (Å²) < 4.78 is 0. The number of nitriles is 1. The molecule has 0 spiro atoms. The van der Waals surface area contributed by atoms with Crippen molar-refractivity contribution in [2.24, 2.45) is 0 Å². The SMILES string of the molecule is C[C@H](NC#N)c1ccccc1Cl. The molecule has 3 heteroatoms. The first-order chi connectivity index (χ1) is 5.75. The van der Waals surface area contributed by atoms with Gasteiger partial charge in [0.15, 0.2) is 6.19 Å². The van der Waals surface area contributed by atoms with Gasteiger partial charge in [-0.25, -0.2) is 0 Å². The minimum Gasteiger partial charge on any atom is -0.317 e. The zero-order valence-electron chi connectivity index (χ0n) is 6.71. The molecule has 0 bridgehead atoms. The van der Waals surface area contributed by atoms with Crippen molar-refractivity contribution < 1.29 is 0 Å². The van der Waals surface area contributed by atoms with Gasteiger partial charge in [-0.2, -0.15) is 5.26 Å². The first kappa shape index (κ1) is 8.89. The van der Waals surface area contributed by atoms with Crippen LogP contribution in [0, 0.1) is 11.5 Å². The van der Waals surface area contributed by atoms with Crippen LogP contribution in [0.1, 0.15) is 18.5 Å². The third-order valence-corrected chi connectivity index (χ3v) is 2.00. The van der Waals surface area contributed by atoms with Crippen LogP contribution in [-0.4, -0.2) is 0 Å². The van der Waals surface area contributed by atoms with Crippen molar-refractivity contribution in [3.05, 3.63) is 34.9 Å². The summed E-state index contributed by atoms with van der Waals surface area (Å²) in [5, 5.41) is 11.7. The molecule has 0 amide bonds. The lowest BCUT2D eigenvalue weighted by atomic mass is 10.1. The summed E-state index contributed by atoms with van der Waals surface area (Å²) in [7, 11) is 0. The molecule has 1 aromatic carbocycles. The van der Waals surface area contributed by atoms with Crippen LogP contribution in [0.5, 0.6) is 0 Å². The van der Waals surface area contributed by atoms with E-state index in [2.05, 4.69) is 5.32 Å². The molecule has 62 valence electrons. The van der Waals surface area contributed by atoms with Crippen molar-refractivity contribution in [3.63, 3.8) is 0 Å². The Morgan fingerprint density at radius 2 is 2.17 bits per heavy atom. The lowest BCUT2D eigenvalue weighted by molar-refractivity contribution is 0.698. The monoisotopic (exact) mass is 180 g/mol. The quantitative estimate of drug-likeness (QED) is 0.561. The lowest BCUT2D eigenvalue weighted by Crippen LogP contribution is -2.11. The molecular weight excluding hydrogens is 172 g/mol. The summed E-state index contributed by atoms with van der Waals surface area (Å²) in [4.78, 5) is 0. The molecule has 0 aliphatic carbocycles.